The molecule has 0 radical (unpaired) electrons. The molecule has 2 aromatic rings. The molecule has 1 N–H and O–H groups in total. The van der Waals surface area contributed by atoms with Crippen LogP contribution in [-0.2, 0) is 0 Å². The number of anilines is 1. The minimum absolute atomic E-state index is 0.0270. The van der Waals surface area contributed by atoms with Crippen molar-refractivity contribution in [2.45, 2.75) is 13.3 Å². The number of nitro benzene ring substituents is 1. The van der Waals surface area contributed by atoms with E-state index in [4.69, 9.17) is 4.74 Å². The van der Waals surface area contributed by atoms with Crippen LogP contribution in [0.5, 0.6) is 11.6 Å². The average Bonchev–Trinajstić information content (AvgIpc) is 2.46. The molecule has 7 nitrogen and oxygen atoms in total. The molecule has 1 aromatic heterocycles. The van der Waals surface area contributed by atoms with Gasteiger partial charge in [-0.15, -0.1) is 0 Å². The topological polar surface area (TPSA) is 90.2 Å². The van der Waals surface area contributed by atoms with Gasteiger partial charge in [0.1, 0.15) is 5.75 Å². The summed E-state index contributed by atoms with van der Waals surface area (Å²) in [7, 11) is 0. The first kappa shape index (κ1) is 13.7. The average molecular weight is 274 g/mol. The van der Waals surface area contributed by atoms with Crippen LogP contribution < -0.4 is 10.1 Å². The first-order valence-corrected chi connectivity index (χ1v) is 6.18. The van der Waals surface area contributed by atoms with Crippen LogP contribution in [0.15, 0.2) is 36.5 Å². The molecule has 0 saturated carbocycles. The molecule has 7 heteroatoms. The van der Waals surface area contributed by atoms with E-state index in [1.54, 1.807) is 24.4 Å². The molecule has 0 unspecified atom stereocenters. The van der Waals surface area contributed by atoms with Gasteiger partial charge in [-0.3, -0.25) is 10.1 Å². The molecule has 2 rings (SSSR count). The number of hydrogen-bond acceptors (Lipinski definition) is 6. The predicted octanol–water partition coefficient (Wildman–Crippen LogP) is 3.00. The summed E-state index contributed by atoms with van der Waals surface area (Å²) in [6, 6.07) is 7.54. The van der Waals surface area contributed by atoms with E-state index in [0.29, 0.717) is 17.6 Å². The lowest BCUT2D eigenvalue weighted by Crippen LogP contribution is -2.04. The van der Waals surface area contributed by atoms with Gasteiger partial charge in [-0.2, -0.15) is 4.98 Å². The van der Waals surface area contributed by atoms with E-state index in [2.05, 4.69) is 15.3 Å². The number of nitrogens with one attached hydrogen (secondary N) is 1. The Kier molecular flexibility index (Phi) is 4.43. The molecule has 0 fully saturated rings. The molecule has 104 valence electrons. The SMILES string of the molecule is CCCNc1nccc(Oc2cccc([N+](=O)[O-])c2)n1. The van der Waals surface area contributed by atoms with Gasteiger partial charge >= 0.3 is 0 Å². The number of nitrogens with zero attached hydrogens (tertiary/aromatic N) is 3. The van der Waals surface area contributed by atoms with E-state index in [-0.39, 0.29) is 5.69 Å². The van der Waals surface area contributed by atoms with Crippen molar-refractivity contribution in [3.8, 4) is 11.6 Å². The van der Waals surface area contributed by atoms with Crippen molar-refractivity contribution in [2.24, 2.45) is 0 Å². The summed E-state index contributed by atoms with van der Waals surface area (Å²) in [5, 5.41) is 13.7. The van der Waals surface area contributed by atoms with E-state index in [1.165, 1.54) is 12.1 Å². The lowest BCUT2D eigenvalue weighted by molar-refractivity contribution is -0.384. The molecule has 1 aromatic carbocycles. The van der Waals surface area contributed by atoms with Crippen molar-refractivity contribution >= 4 is 11.6 Å². The van der Waals surface area contributed by atoms with Crippen LogP contribution in [0.1, 0.15) is 13.3 Å². The molecule has 0 aliphatic rings. The molecular weight excluding hydrogens is 260 g/mol. The maximum atomic E-state index is 10.7. The second-order valence-corrected chi connectivity index (χ2v) is 4.00. The zero-order chi connectivity index (χ0) is 14.4. The standard InChI is InChI=1S/C13H14N4O3/c1-2-7-14-13-15-8-6-12(16-13)20-11-5-3-4-10(9-11)17(18)19/h3-6,8-9H,2,7H2,1H3,(H,14,15,16). The van der Waals surface area contributed by atoms with Gasteiger partial charge in [0, 0.05) is 24.9 Å². The first-order valence-electron chi connectivity index (χ1n) is 6.18. The van der Waals surface area contributed by atoms with Gasteiger partial charge in [-0.05, 0) is 12.5 Å². The fourth-order valence-corrected chi connectivity index (χ4v) is 1.50. The molecule has 0 bridgehead atoms. The van der Waals surface area contributed by atoms with Crippen LogP contribution in [0.3, 0.4) is 0 Å². The summed E-state index contributed by atoms with van der Waals surface area (Å²) in [5.74, 6) is 1.16. The third-order valence-corrected chi connectivity index (χ3v) is 2.41. The predicted molar refractivity (Wildman–Crippen MR) is 74.0 cm³/mol. The molecule has 0 atom stereocenters. The van der Waals surface area contributed by atoms with E-state index in [1.807, 2.05) is 6.92 Å². The minimum Gasteiger partial charge on any atom is -0.439 e. The summed E-state index contributed by atoms with van der Waals surface area (Å²) in [4.78, 5) is 18.4. The van der Waals surface area contributed by atoms with Gasteiger partial charge in [0.15, 0.2) is 0 Å². The van der Waals surface area contributed by atoms with Crippen LogP contribution in [-0.4, -0.2) is 21.4 Å². The van der Waals surface area contributed by atoms with Gasteiger partial charge in [-0.1, -0.05) is 13.0 Å². The Balaban J connectivity index is 2.13. The van der Waals surface area contributed by atoms with Crippen molar-refractivity contribution in [1.29, 1.82) is 0 Å². The van der Waals surface area contributed by atoms with Crippen LogP contribution >= 0.6 is 0 Å². The molecule has 0 aliphatic carbocycles. The first-order chi connectivity index (χ1) is 9.69. The number of ether oxygens (including phenoxy) is 1. The van der Waals surface area contributed by atoms with Crippen molar-refractivity contribution < 1.29 is 9.66 Å². The zero-order valence-electron chi connectivity index (χ0n) is 10.9. The van der Waals surface area contributed by atoms with Crippen molar-refractivity contribution in [3.05, 3.63) is 46.6 Å². The summed E-state index contributed by atoms with van der Waals surface area (Å²) in [6.45, 7) is 2.80. The maximum Gasteiger partial charge on any atom is 0.273 e. The smallest absolute Gasteiger partial charge is 0.273 e. The number of hydrogen-bond donors (Lipinski definition) is 1. The lowest BCUT2D eigenvalue weighted by atomic mass is 10.3. The van der Waals surface area contributed by atoms with E-state index in [9.17, 15) is 10.1 Å². The van der Waals surface area contributed by atoms with Gasteiger partial charge < -0.3 is 10.1 Å². The lowest BCUT2D eigenvalue weighted by Gasteiger charge is -2.06. The Morgan fingerprint density at radius 1 is 1.40 bits per heavy atom. The molecular formula is C13H14N4O3. The van der Waals surface area contributed by atoms with Crippen LogP contribution in [0.2, 0.25) is 0 Å². The number of aromatic nitrogens is 2. The normalized spacial score (nSPS) is 10.1. The molecule has 20 heavy (non-hydrogen) atoms. The Morgan fingerprint density at radius 3 is 3.00 bits per heavy atom. The fraction of sp³-hybridized carbons (Fsp3) is 0.231. The van der Waals surface area contributed by atoms with Gasteiger partial charge in [0.2, 0.25) is 11.8 Å². The van der Waals surface area contributed by atoms with E-state index >= 15 is 0 Å². The Morgan fingerprint density at radius 2 is 2.25 bits per heavy atom. The van der Waals surface area contributed by atoms with Crippen LogP contribution in [0.25, 0.3) is 0 Å². The highest BCUT2D eigenvalue weighted by Crippen LogP contribution is 2.24. The Hall–Kier alpha value is -2.70. The monoisotopic (exact) mass is 274 g/mol. The quantitative estimate of drug-likeness (QED) is 0.643. The molecule has 0 aliphatic heterocycles. The number of benzene rings is 1. The second kappa shape index (κ2) is 6.46. The molecule has 0 amide bonds. The van der Waals surface area contributed by atoms with Gasteiger partial charge in [-0.25, -0.2) is 4.98 Å². The second-order valence-electron chi connectivity index (χ2n) is 4.00. The van der Waals surface area contributed by atoms with Crippen LogP contribution in [0.4, 0.5) is 11.6 Å². The maximum absolute atomic E-state index is 10.7. The highest BCUT2D eigenvalue weighted by atomic mass is 16.6. The summed E-state index contributed by atoms with van der Waals surface area (Å²) < 4.78 is 5.49. The van der Waals surface area contributed by atoms with Gasteiger partial charge in [0.05, 0.1) is 11.0 Å². The highest BCUT2D eigenvalue weighted by Gasteiger charge is 2.08. The fourth-order valence-electron chi connectivity index (χ4n) is 1.50. The van der Waals surface area contributed by atoms with Gasteiger partial charge in [0.25, 0.3) is 5.69 Å². The number of non-ortho nitro benzene ring substituents is 1. The van der Waals surface area contributed by atoms with Crippen LogP contribution in [0, 0.1) is 10.1 Å². The molecule has 1 heterocycles. The Bertz CT molecular complexity index is 604. The Labute approximate surface area is 115 Å². The zero-order valence-corrected chi connectivity index (χ0v) is 10.9. The highest BCUT2D eigenvalue weighted by molar-refractivity contribution is 5.40. The largest absolute Gasteiger partial charge is 0.439 e. The number of nitro groups is 1. The molecule has 0 spiro atoms. The van der Waals surface area contributed by atoms with E-state index < -0.39 is 4.92 Å². The number of rotatable bonds is 6. The third kappa shape index (κ3) is 3.64. The molecule has 0 saturated heterocycles. The third-order valence-electron chi connectivity index (χ3n) is 2.41. The van der Waals surface area contributed by atoms with E-state index in [0.717, 1.165) is 13.0 Å². The minimum atomic E-state index is -0.471. The van der Waals surface area contributed by atoms with Crippen molar-refractivity contribution in [3.63, 3.8) is 0 Å². The summed E-state index contributed by atoms with van der Waals surface area (Å²) in [6.07, 6.45) is 2.52. The summed E-state index contributed by atoms with van der Waals surface area (Å²) in [5.41, 5.74) is -0.0270. The van der Waals surface area contributed by atoms with Crippen molar-refractivity contribution in [2.75, 3.05) is 11.9 Å². The van der Waals surface area contributed by atoms with Crippen molar-refractivity contribution in [1.82, 2.24) is 9.97 Å². The summed E-state index contributed by atoms with van der Waals surface area (Å²) >= 11 is 0.